The fraction of sp³-hybridized carbons (Fsp3) is 0.583. The van der Waals surface area contributed by atoms with E-state index in [1.54, 1.807) is 0 Å². The largest absolute Gasteiger partial charge is 0.459 e. The highest BCUT2D eigenvalue weighted by atomic mass is 35.7. The molecule has 0 bridgehead atoms. The lowest BCUT2D eigenvalue weighted by atomic mass is 10.4. The SMILES string of the molecule is CCCn1cc(S(=O)(=O)Cl)cc1C(=O)OCCOCC. The summed E-state index contributed by atoms with van der Waals surface area (Å²) in [4.78, 5) is 11.8. The predicted octanol–water partition coefficient (Wildman–Crippen LogP) is 2.02. The molecule has 0 atom stereocenters. The molecule has 1 rings (SSSR count). The number of hydrogen-bond donors (Lipinski definition) is 0. The molecule has 0 aliphatic carbocycles. The van der Waals surface area contributed by atoms with Gasteiger partial charge < -0.3 is 14.0 Å². The second kappa shape index (κ2) is 7.66. The minimum atomic E-state index is -3.87. The van der Waals surface area contributed by atoms with Gasteiger partial charge in [0.15, 0.2) is 0 Å². The van der Waals surface area contributed by atoms with E-state index < -0.39 is 15.0 Å². The maximum Gasteiger partial charge on any atom is 0.355 e. The summed E-state index contributed by atoms with van der Waals surface area (Å²) >= 11 is 0. The van der Waals surface area contributed by atoms with Gasteiger partial charge in [0.2, 0.25) is 0 Å². The van der Waals surface area contributed by atoms with E-state index in [9.17, 15) is 13.2 Å². The summed E-state index contributed by atoms with van der Waals surface area (Å²) in [5, 5.41) is 0. The smallest absolute Gasteiger partial charge is 0.355 e. The zero-order valence-corrected chi connectivity index (χ0v) is 13.0. The Balaban J connectivity index is 2.86. The number of hydrogen-bond acceptors (Lipinski definition) is 5. The lowest BCUT2D eigenvalue weighted by molar-refractivity contribution is 0.0324. The van der Waals surface area contributed by atoms with Crippen molar-refractivity contribution in [3.8, 4) is 0 Å². The molecule has 1 aromatic heterocycles. The number of carbonyl (C=O) groups is 1. The topological polar surface area (TPSA) is 74.6 Å². The Morgan fingerprint density at radius 3 is 2.60 bits per heavy atom. The molecule has 0 aromatic carbocycles. The summed E-state index contributed by atoms with van der Waals surface area (Å²) in [6, 6.07) is 1.22. The average Bonchev–Trinajstić information content (AvgIpc) is 2.79. The van der Waals surface area contributed by atoms with Gasteiger partial charge in [0.1, 0.15) is 17.2 Å². The zero-order chi connectivity index (χ0) is 15.2. The molecule has 1 aromatic rings. The molecule has 0 fully saturated rings. The van der Waals surface area contributed by atoms with E-state index in [1.165, 1.54) is 16.8 Å². The third-order valence-electron chi connectivity index (χ3n) is 2.49. The zero-order valence-electron chi connectivity index (χ0n) is 11.5. The minimum Gasteiger partial charge on any atom is -0.459 e. The molecule has 114 valence electrons. The van der Waals surface area contributed by atoms with Crippen molar-refractivity contribution < 1.29 is 22.7 Å². The maximum absolute atomic E-state index is 11.9. The van der Waals surface area contributed by atoms with Gasteiger partial charge in [-0.25, -0.2) is 13.2 Å². The third-order valence-corrected chi connectivity index (χ3v) is 3.81. The lowest BCUT2D eigenvalue weighted by Gasteiger charge is -2.07. The number of aryl methyl sites for hydroxylation is 1. The van der Waals surface area contributed by atoms with Crippen molar-refractivity contribution in [3.63, 3.8) is 0 Å². The van der Waals surface area contributed by atoms with Crippen LogP contribution in [0.3, 0.4) is 0 Å². The van der Waals surface area contributed by atoms with Crippen LogP contribution in [0.1, 0.15) is 30.8 Å². The van der Waals surface area contributed by atoms with Gasteiger partial charge in [-0.15, -0.1) is 0 Å². The Kier molecular flexibility index (Phi) is 6.51. The van der Waals surface area contributed by atoms with Gasteiger partial charge in [-0.05, 0) is 19.4 Å². The van der Waals surface area contributed by atoms with Crippen molar-refractivity contribution in [1.82, 2.24) is 4.57 Å². The van der Waals surface area contributed by atoms with Crippen LogP contribution < -0.4 is 0 Å². The molecule has 0 N–H and O–H groups in total. The molecular weight excluding hydrogens is 306 g/mol. The highest BCUT2D eigenvalue weighted by Gasteiger charge is 2.20. The lowest BCUT2D eigenvalue weighted by Crippen LogP contribution is -2.14. The Labute approximate surface area is 123 Å². The fourth-order valence-electron chi connectivity index (χ4n) is 1.63. The van der Waals surface area contributed by atoms with E-state index in [0.29, 0.717) is 19.8 Å². The first-order valence-corrected chi connectivity index (χ1v) is 8.60. The van der Waals surface area contributed by atoms with E-state index >= 15 is 0 Å². The van der Waals surface area contributed by atoms with Gasteiger partial charge >= 0.3 is 5.97 Å². The normalized spacial score (nSPS) is 11.6. The van der Waals surface area contributed by atoms with Crippen molar-refractivity contribution >= 4 is 25.7 Å². The number of rotatable bonds is 8. The molecule has 0 saturated heterocycles. The summed E-state index contributed by atoms with van der Waals surface area (Å²) in [7, 11) is 1.41. The Morgan fingerprint density at radius 2 is 2.05 bits per heavy atom. The fourth-order valence-corrected chi connectivity index (χ4v) is 2.38. The second-order valence-corrected chi connectivity index (χ2v) is 6.59. The van der Waals surface area contributed by atoms with Gasteiger partial charge in [0.05, 0.1) is 6.61 Å². The number of nitrogens with zero attached hydrogens (tertiary/aromatic N) is 1. The first-order valence-electron chi connectivity index (χ1n) is 6.29. The van der Waals surface area contributed by atoms with Crippen LogP contribution >= 0.6 is 10.7 Å². The molecule has 0 aliphatic heterocycles. The summed E-state index contributed by atoms with van der Waals surface area (Å²) in [6.45, 7) is 5.22. The van der Waals surface area contributed by atoms with E-state index in [1.807, 2.05) is 13.8 Å². The second-order valence-electron chi connectivity index (χ2n) is 4.03. The van der Waals surface area contributed by atoms with Crippen molar-refractivity contribution in [2.45, 2.75) is 31.7 Å². The molecule has 0 spiro atoms. The molecule has 0 aliphatic rings. The molecule has 1 heterocycles. The van der Waals surface area contributed by atoms with Gasteiger partial charge in [-0.2, -0.15) is 0 Å². The van der Waals surface area contributed by atoms with Gasteiger partial charge in [-0.1, -0.05) is 6.92 Å². The highest BCUT2D eigenvalue weighted by molar-refractivity contribution is 8.13. The number of halogens is 1. The van der Waals surface area contributed by atoms with Crippen LogP contribution in [-0.2, 0) is 25.1 Å². The van der Waals surface area contributed by atoms with E-state index in [0.717, 1.165) is 6.42 Å². The van der Waals surface area contributed by atoms with Crippen molar-refractivity contribution in [1.29, 1.82) is 0 Å². The first-order chi connectivity index (χ1) is 9.40. The Hall–Kier alpha value is -1.05. The molecular formula is C12H18ClNO5S. The Bertz CT molecular complexity index is 552. The van der Waals surface area contributed by atoms with Crippen molar-refractivity contribution in [3.05, 3.63) is 18.0 Å². The van der Waals surface area contributed by atoms with E-state index in [4.69, 9.17) is 20.2 Å². The number of aromatic nitrogens is 1. The average molecular weight is 324 g/mol. The molecule has 0 amide bonds. The first kappa shape index (κ1) is 17.0. The third kappa shape index (κ3) is 4.81. The maximum atomic E-state index is 11.9. The summed E-state index contributed by atoms with van der Waals surface area (Å²) in [5.74, 6) is -0.593. The molecule has 0 unspecified atom stereocenters. The van der Waals surface area contributed by atoms with Crippen LogP contribution in [0.2, 0.25) is 0 Å². The number of carbonyl (C=O) groups excluding carboxylic acids is 1. The van der Waals surface area contributed by atoms with E-state index in [2.05, 4.69) is 0 Å². The van der Waals surface area contributed by atoms with Crippen LogP contribution in [0, 0.1) is 0 Å². The van der Waals surface area contributed by atoms with Gasteiger partial charge in [-0.3, -0.25) is 0 Å². The van der Waals surface area contributed by atoms with Crippen molar-refractivity contribution in [2.24, 2.45) is 0 Å². The summed E-state index contributed by atoms with van der Waals surface area (Å²) in [5.41, 5.74) is 0.169. The number of esters is 1. The Morgan fingerprint density at radius 1 is 1.35 bits per heavy atom. The van der Waals surface area contributed by atoms with Crippen molar-refractivity contribution in [2.75, 3.05) is 19.8 Å². The summed E-state index contributed by atoms with van der Waals surface area (Å²) < 4.78 is 34.2. The molecule has 8 heteroatoms. The van der Waals surface area contributed by atoms with Crippen LogP contribution in [0.4, 0.5) is 0 Å². The minimum absolute atomic E-state index is 0.107. The predicted molar refractivity (Wildman–Crippen MR) is 74.5 cm³/mol. The standard InChI is InChI=1S/C12H18ClNO5S/c1-3-5-14-9-10(20(13,16)17)8-11(14)12(15)19-7-6-18-4-2/h8-9H,3-7H2,1-2H3. The number of ether oxygens (including phenoxy) is 2. The van der Waals surface area contributed by atoms with Crippen LogP contribution in [0.5, 0.6) is 0 Å². The van der Waals surface area contributed by atoms with Crippen LogP contribution in [0.15, 0.2) is 17.2 Å². The molecule has 6 nitrogen and oxygen atoms in total. The monoisotopic (exact) mass is 323 g/mol. The summed E-state index contributed by atoms with van der Waals surface area (Å²) in [6.07, 6.45) is 2.08. The molecule has 0 radical (unpaired) electrons. The quantitative estimate of drug-likeness (QED) is 0.415. The van der Waals surface area contributed by atoms with Crippen LogP contribution in [-0.4, -0.2) is 38.8 Å². The van der Waals surface area contributed by atoms with E-state index in [-0.39, 0.29) is 17.2 Å². The van der Waals surface area contributed by atoms with Gasteiger partial charge in [0, 0.05) is 30.0 Å². The van der Waals surface area contributed by atoms with Crippen LogP contribution in [0.25, 0.3) is 0 Å². The molecule has 0 saturated carbocycles. The highest BCUT2D eigenvalue weighted by Crippen LogP contribution is 2.19. The molecule has 20 heavy (non-hydrogen) atoms. The van der Waals surface area contributed by atoms with Gasteiger partial charge in [0.25, 0.3) is 9.05 Å².